The summed E-state index contributed by atoms with van der Waals surface area (Å²) in [5.74, 6) is -0.230. The molecule has 3 rings (SSSR count). The number of nitrogens with zero attached hydrogens (tertiary/aromatic N) is 1. The number of amides is 2. The van der Waals surface area contributed by atoms with Crippen LogP contribution in [0.5, 0.6) is 0 Å². The number of nitrogens with one attached hydrogen (secondary N) is 1. The molecule has 0 spiro atoms. The van der Waals surface area contributed by atoms with E-state index in [0.29, 0.717) is 30.6 Å². The van der Waals surface area contributed by atoms with Crippen molar-refractivity contribution < 1.29 is 14.7 Å². The van der Waals surface area contributed by atoms with Crippen molar-refractivity contribution in [1.29, 1.82) is 0 Å². The van der Waals surface area contributed by atoms with Gasteiger partial charge in [0, 0.05) is 24.2 Å². The van der Waals surface area contributed by atoms with Crippen LogP contribution in [0.25, 0.3) is 0 Å². The number of β-amino-alcohol motifs (C(OH)–C–C–N with tert-alkyl or cyclic N) is 1. The number of carbonyl (C=O) groups is 2. The number of aliphatic hydroxyl groups is 1. The number of carbonyl (C=O) groups excluding carboxylic acids is 2. The van der Waals surface area contributed by atoms with Gasteiger partial charge < -0.3 is 15.3 Å². The first-order valence-electron chi connectivity index (χ1n) is 8.90. The van der Waals surface area contributed by atoms with Gasteiger partial charge in [-0.3, -0.25) is 9.59 Å². The molecule has 0 aromatic heterocycles. The number of benzene rings is 2. The fraction of sp³-hybridized carbons (Fsp3) is 0.333. The van der Waals surface area contributed by atoms with E-state index in [1.54, 1.807) is 36.1 Å². The summed E-state index contributed by atoms with van der Waals surface area (Å²) in [7, 11) is 0. The van der Waals surface area contributed by atoms with Crippen molar-refractivity contribution in [2.45, 2.75) is 32.3 Å². The number of rotatable bonds is 4. The molecule has 136 valence electrons. The van der Waals surface area contributed by atoms with Crippen LogP contribution in [0.2, 0.25) is 0 Å². The molecule has 2 aromatic rings. The van der Waals surface area contributed by atoms with Crippen molar-refractivity contribution >= 4 is 17.5 Å². The molecule has 0 radical (unpaired) electrons. The summed E-state index contributed by atoms with van der Waals surface area (Å²) in [4.78, 5) is 26.1. The largest absolute Gasteiger partial charge is 0.383 e. The van der Waals surface area contributed by atoms with Gasteiger partial charge in [0.15, 0.2) is 0 Å². The molecule has 0 aliphatic carbocycles. The van der Waals surface area contributed by atoms with Gasteiger partial charge in [0.25, 0.3) is 5.91 Å². The lowest BCUT2D eigenvalue weighted by Crippen LogP contribution is -2.34. The molecule has 1 fully saturated rings. The molecule has 0 saturated carbocycles. The van der Waals surface area contributed by atoms with Gasteiger partial charge in [-0.2, -0.15) is 0 Å². The zero-order valence-electron chi connectivity index (χ0n) is 15.2. The average molecular weight is 352 g/mol. The van der Waals surface area contributed by atoms with Gasteiger partial charge >= 0.3 is 0 Å². The van der Waals surface area contributed by atoms with Crippen LogP contribution in [-0.2, 0) is 10.4 Å². The van der Waals surface area contributed by atoms with Crippen molar-refractivity contribution in [3.8, 4) is 0 Å². The molecule has 2 N–H and O–H groups in total. The minimum Gasteiger partial charge on any atom is -0.383 e. The highest BCUT2D eigenvalue weighted by Crippen LogP contribution is 2.34. The summed E-state index contributed by atoms with van der Waals surface area (Å²) >= 11 is 0. The zero-order valence-corrected chi connectivity index (χ0v) is 15.2. The minimum atomic E-state index is -1.02. The van der Waals surface area contributed by atoms with Gasteiger partial charge in [0.1, 0.15) is 5.60 Å². The molecule has 5 nitrogen and oxygen atoms in total. The van der Waals surface area contributed by atoms with Gasteiger partial charge in [-0.15, -0.1) is 0 Å². The van der Waals surface area contributed by atoms with Crippen LogP contribution in [0.4, 0.5) is 5.69 Å². The van der Waals surface area contributed by atoms with E-state index in [1.165, 1.54) is 0 Å². The Morgan fingerprint density at radius 1 is 1.19 bits per heavy atom. The molecule has 0 unspecified atom stereocenters. The molecular formula is C21H24N2O3. The number of aryl methyl sites for hydroxylation is 1. The van der Waals surface area contributed by atoms with E-state index in [2.05, 4.69) is 5.32 Å². The Labute approximate surface area is 153 Å². The second-order valence-electron chi connectivity index (χ2n) is 6.81. The third kappa shape index (κ3) is 3.63. The van der Waals surface area contributed by atoms with E-state index in [1.807, 2.05) is 31.2 Å². The molecule has 1 atom stereocenters. The zero-order chi connectivity index (χ0) is 18.7. The van der Waals surface area contributed by atoms with E-state index < -0.39 is 5.60 Å². The first-order chi connectivity index (χ1) is 12.4. The second-order valence-corrected chi connectivity index (χ2v) is 6.81. The molecule has 1 aliphatic heterocycles. The topological polar surface area (TPSA) is 69.6 Å². The van der Waals surface area contributed by atoms with Crippen LogP contribution in [0.15, 0.2) is 48.5 Å². The lowest BCUT2D eigenvalue weighted by atomic mass is 9.89. The summed E-state index contributed by atoms with van der Waals surface area (Å²) in [6, 6.07) is 14.7. The van der Waals surface area contributed by atoms with Crippen LogP contribution in [0.1, 0.15) is 41.3 Å². The highest BCUT2D eigenvalue weighted by molar-refractivity contribution is 5.97. The van der Waals surface area contributed by atoms with E-state index in [-0.39, 0.29) is 18.4 Å². The van der Waals surface area contributed by atoms with Crippen molar-refractivity contribution in [2.24, 2.45) is 0 Å². The normalized spacial score (nSPS) is 19.4. The Bertz CT molecular complexity index is 834. The Kier molecular flexibility index (Phi) is 5.09. The molecule has 26 heavy (non-hydrogen) atoms. The summed E-state index contributed by atoms with van der Waals surface area (Å²) in [6.45, 7) is 4.51. The van der Waals surface area contributed by atoms with Crippen molar-refractivity contribution in [3.63, 3.8) is 0 Å². The van der Waals surface area contributed by atoms with Crippen molar-refractivity contribution in [2.75, 3.05) is 18.4 Å². The predicted octanol–water partition coefficient (Wildman–Crippen LogP) is 3.08. The fourth-order valence-electron chi connectivity index (χ4n) is 3.44. The average Bonchev–Trinajstić information content (AvgIpc) is 3.04. The Morgan fingerprint density at radius 3 is 2.69 bits per heavy atom. The van der Waals surface area contributed by atoms with Gasteiger partial charge in [-0.25, -0.2) is 0 Å². The lowest BCUT2D eigenvalue weighted by Gasteiger charge is -2.25. The van der Waals surface area contributed by atoms with Crippen molar-refractivity contribution in [3.05, 3.63) is 65.2 Å². The molecule has 1 heterocycles. The van der Waals surface area contributed by atoms with E-state index in [0.717, 1.165) is 11.1 Å². The van der Waals surface area contributed by atoms with E-state index in [9.17, 15) is 14.7 Å². The van der Waals surface area contributed by atoms with Crippen LogP contribution < -0.4 is 5.32 Å². The molecule has 5 heteroatoms. The molecule has 1 saturated heterocycles. The smallest absolute Gasteiger partial charge is 0.254 e. The summed E-state index contributed by atoms with van der Waals surface area (Å²) in [6.07, 6.45) is 0.892. The maximum absolute atomic E-state index is 12.9. The standard InChI is InChI=1S/C21H24N2O3/c1-3-19(24)22-17-9-6-8-16(13-17)20(25)23-12-11-21(26,14-23)18-10-5-4-7-15(18)2/h4-10,13,26H,3,11-12,14H2,1-2H3,(H,22,24)/t21-/m1/s1. The predicted molar refractivity (Wildman–Crippen MR) is 101 cm³/mol. The molecule has 2 amide bonds. The second kappa shape index (κ2) is 7.30. The number of likely N-dealkylation sites (tertiary alicyclic amines) is 1. The number of hydrogen-bond acceptors (Lipinski definition) is 3. The Hall–Kier alpha value is -2.66. The quantitative estimate of drug-likeness (QED) is 0.888. The number of hydrogen-bond donors (Lipinski definition) is 2. The van der Waals surface area contributed by atoms with Gasteiger partial charge in [0.05, 0.1) is 6.54 Å². The summed E-state index contributed by atoms with van der Waals surface area (Å²) < 4.78 is 0. The third-order valence-corrected chi connectivity index (χ3v) is 4.90. The van der Waals surface area contributed by atoms with Crippen LogP contribution in [0, 0.1) is 6.92 Å². The van der Waals surface area contributed by atoms with E-state index in [4.69, 9.17) is 0 Å². The lowest BCUT2D eigenvalue weighted by molar-refractivity contribution is -0.115. The minimum absolute atomic E-state index is 0.0929. The first kappa shape index (κ1) is 18.1. The highest BCUT2D eigenvalue weighted by atomic mass is 16.3. The fourth-order valence-corrected chi connectivity index (χ4v) is 3.44. The van der Waals surface area contributed by atoms with Crippen LogP contribution >= 0.6 is 0 Å². The van der Waals surface area contributed by atoms with Gasteiger partial charge in [-0.05, 0) is 42.7 Å². The SMILES string of the molecule is CCC(=O)Nc1cccc(C(=O)N2CC[C@](O)(c3ccccc3C)C2)c1. The third-order valence-electron chi connectivity index (χ3n) is 4.90. The van der Waals surface area contributed by atoms with Gasteiger partial charge in [-0.1, -0.05) is 37.3 Å². The Morgan fingerprint density at radius 2 is 1.96 bits per heavy atom. The summed E-state index contributed by atoms with van der Waals surface area (Å²) in [5, 5.41) is 13.8. The monoisotopic (exact) mass is 352 g/mol. The number of anilines is 1. The van der Waals surface area contributed by atoms with Crippen molar-refractivity contribution in [1.82, 2.24) is 4.90 Å². The highest BCUT2D eigenvalue weighted by Gasteiger charge is 2.40. The first-order valence-corrected chi connectivity index (χ1v) is 8.90. The summed E-state index contributed by atoms with van der Waals surface area (Å²) in [5.41, 5.74) is 1.99. The molecule has 0 bridgehead atoms. The maximum atomic E-state index is 12.9. The molecule has 1 aliphatic rings. The van der Waals surface area contributed by atoms with Gasteiger partial charge in [0.2, 0.25) is 5.91 Å². The molecule has 2 aromatic carbocycles. The Balaban J connectivity index is 1.77. The van der Waals surface area contributed by atoms with E-state index >= 15 is 0 Å². The molecular weight excluding hydrogens is 328 g/mol. The van der Waals surface area contributed by atoms with Crippen LogP contribution in [-0.4, -0.2) is 34.9 Å². The maximum Gasteiger partial charge on any atom is 0.254 e. The van der Waals surface area contributed by atoms with Crippen LogP contribution in [0.3, 0.4) is 0 Å².